The van der Waals surface area contributed by atoms with Crippen molar-refractivity contribution in [3.63, 3.8) is 0 Å². The molecule has 100 valence electrons. The Morgan fingerprint density at radius 3 is 2.32 bits per heavy atom. The molecule has 1 nitrogen and oxygen atoms in total. The molecule has 1 atom stereocenters. The SMILES string of the molecule is COc1ccc(C(Cl)c2ccc(Cl)c(C)c2)cc1Br. The number of benzene rings is 2. The van der Waals surface area contributed by atoms with Crippen molar-refractivity contribution in [1.82, 2.24) is 0 Å². The van der Waals surface area contributed by atoms with Crippen LogP contribution in [0.15, 0.2) is 40.9 Å². The highest BCUT2D eigenvalue weighted by molar-refractivity contribution is 9.10. The summed E-state index contributed by atoms with van der Waals surface area (Å²) in [5, 5.41) is 0.543. The lowest BCUT2D eigenvalue weighted by molar-refractivity contribution is 0.412. The molecule has 0 radical (unpaired) electrons. The number of hydrogen-bond donors (Lipinski definition) is 0. The third kappa shape index (κ3) is 3.25. The highest BCUT2D eigenvalue weighted by Gasteiger charge is 2.13. The predicted octanol–water partition coefficient (Wildman–Crippen LogP) is 5.75. The summed E-state index contributed by atoms with van der Waals surface area (Å²) >= 11 is 16.0. The van der Waals surface area contributed by atoms with Gasteiger partial charge in [-0.3, -0.25) is 0 Å². The number of ether oxygens (including phenoxy) is 1. The molecule has 0 aliphatic carbocycles. The highest BCUT2D eigenvalue weighted by Crippen LogP contribution is 2.35. The lowest BCUT2D eigenvalue weighted by Gasteiger charge is -2.13. The van der Waals surface area contributed by atoms with Crippen molar-refractivity contribution in [3.05, 3.63) is 62.6 Å². The number of hydrogen-bond acceptors (Lipinski definition) is 1. The lowest BCUT2D eigenvalue weighted by atomic mass is 10.0. The van der Waals surface area contributed by atoms with Gasteiger partial charge < -0.3 is 4.74 Å². The summed E-state index contributed by atoms with van der Waals surface area (Å²) in [7, 11) is 1.64. The van der Waals surface area contributed by atoms with Gasteiger partial charge in [-0.25, -0.2) is 0 Å². The number of halogens is 3. The molecule has 19 heavy (non-hydrogen) atoms. The standard InChI is InChI=1S/C15H13BrCl2O/c1-9-7-10(3-5-13(9)17)15(18)11-4-6-14(19-2)12(16)8-11/h3-8,15H,1-2H3. The van der Waals surface area contributed by atoms with Gasteiger partial charge >= 0.3 is 0 Å². The van der Waals surface area contributed by atoms with Crippen LogP contribution >= 0.6 is 39.1 Å². The predicted molar refractivity (Wildman–Crippen MR) is 84.6 cm³/mol. The minimum absolute atomic E-state index is 0.210. The van der Waals surface area contributed by atoms with E-state index in [2.05, 4.69) is 15.9 Å². The topological polar surface area (TPSA) is 9.23 Å². The van der Waals surface area contributed by atoms with E-state index >= 15 is 0 Å². The van der Waals surface area contributed by atoms with Crippen LogP contribution in [-0.2, 0) is 0 Å². The van der Waals surface area contributed by atoms with Crippen molar-refractivity contribution in [3.8, 4) is 5.75 Å². The Bertz CT molecular complexity index is 599. The van der Waals surface area contributed by atoms with Gasteiger partial charge in [-0.05, 0) is 57.7 Å². The molecule has 0 aliphatic heterocycles. The normalized spacial score (nSPS) is 12.3. The molecule has 0 heterocycles. The maximum absolute atomic E-state index is 6.52. The average Bonchev–Trinajstić information content (AvgIpc) is 2.41. The molecule has 2 aromatic carbocycles. The van der Waals surface area contributed by atoms with Crippen LogP contribution in [0.1, 0.15) is 22.1 Å². The van der Waals surface area contributed by atoms with E-state index in [9.17, 15) is 0 Å². The smallest absolute Gasteiger partial charge is 0.133 e. The van der Waals surface area contributed by atoms with E-state index in [0.717, 1.165) is 31.9 Å². The van der Waals surface area contributed by atoms with Crippen molar-refractivity contribution in [1.29, 1.82) is 0 Å². The monoisotopic (exact) mass is 358 g/mol. The Labute approximate surface area is 131 Å². The zero-order chi connectivity index (χ0) is 14.0. The van der Waals surface area contributed by atoms with Crippen molar-refractivity contribution in [2.24, 2.45) is 0 Å². The molecule has 4 heteroatoms. The van der Waals surface area contributed by atoms with E-state index in [4.69, 9.17) is 27.9 Å². The van der Waals surface area contributed by atoms with Crippen LogP contribution in [0.25, 0.3) is 0 Å². The second-order valence-electron chi connectivity index (χ2n) is 4.27. The molecule has 0 aliphatic rings. The molecule has 0 N–H and O–H groups in total. The van der Waals surface area contributed by atoms with Crippen LogP contribution in [0.3, 0.4) is 0 Å². The van der Waals surface area contributed by atoms with Gasteiger partial charge in [0.15, 0.2) is 0 Å². The maximum atomic E-state index is 6.52. The first-order chi connectivity index (χ1) is 9.02. The number of aryl methyl sites for hydroxylation is 1. The molecular weight excluding hydrogens is 347 g/mol. The fourth-order valence-corrected chi connectivity index (χ4v) is 2.81. The summed E-state index contributed by atoms with van der Waals surface area (Å²) < 4.78 is 6.11. The summed E-state index contributed by atoms with van der Waals surface area (Å²) in [5.74, 6) is 0.792. The van der Waals surface area contributed by atoms with Crippen LogP contribution in [0.2, 0.25) is 5.02 Å². The molecule has 0 bridgehead atoms. The van der Waals surface area contributed by atoms with Gasteiger partial charge in [0, 0.05) is 5.02 Å². The minimum Gasteiger partial charge on any atom is -0.496 e. The first-order valence-corrected chi connectivity index (χ1v) is 7.37. The van der Waals surface area contributed by atoms with Gasteiger partial charge in [0.2, 0.25) is 0 Å². The Balaban J connectivity index is 2.35. The Morgan fingerprint density at radius 1 is 1.11 bits per heavy atom. The van der Waals surface area contributed by atoms with E-state index < -0.39 is 0 Å². The van der Waals surface area contributed by atoms with Gasteiger partial charge in [0.05, 0.1) is 17.0 Å². The summed E-state index contributed by atoms with van der Waals surface area (Å²) in [4.78, 5) is 0. The molecule has 0 saturated heterocycles. The summed E-state index contributed by atoms with van der Waals surface area (Å²) in [6.45, 7) is 1.97. The second kappa shape index (κ2) is 6.17. The molecule has 0 saturated carbocycles. The van der Waals surface area contributed by atoms with Crippen LogP contribution < -0.4 is 4.74 Å². The van der Waals surface area contributed by atoms with Crippen LogP contribution in [0.5, 0.6) is 5.75 Å². The maximum Gasteiger partial charge on any atom is 0.133 e. The van der Waals surface area contributed by atoms with Crippen LogP contribution in [0.4, 0.5) is 0 Å². The van der Waals surface area contributed by atoms with Gasteiger partial charge in [0.25, 0.3) is 0 Å². The van der Waals surface area contributed by atoms with Crippen LogP contribution in [0, 0.1) is 6.92 Å². The molecule has 2 aromatic rings. The fraction of sp³-hybridized carbons (Fsp3) is 0.200. The number of rotatable bonds is 3. The Morgan fingerprint density at radius 2 is 1.74 bits per heavy atom. The van der Waals surface area contributed by atoms with E-state index in [1.807, 2.05) is 43.3 Å². The fourth-order valence-electron chi connectivity index (χ4n) is 1.86. The first kappa shape index (κ1) is 14.7. The molecular formula is C15H13BrCl2O. The number of methoxy groups -OCH3 is 1. The van der Waals surface area contributed by atoms with E-state index in [-0.39, 0.29) is 5.38 Å². The van der Waals surface area contributed by atoms with Gasteiger partial charge in [-0.2, -0.15) is 0 Å². The number of alkyl halides is 1. The summed E-state index contributed by atoms with van der Waals surface area (Å²) in [6, 6.07) is 11.7. The van der Waals surface area contributed by atoms with Crippen molar-refractivity contribution >= 4 is 39.1 Å². The summed E-state index contributed by atoms with van der Waals surface area (Å²) in [6.07, 6.45) is 0. The van der Waals surface area contributed by atoms with Gasteiger partial charge in [-0.15, -0.1) is 11.6 Å². The van der Waals surface area contributed by atoms with E-state index in [1.54, 1.807) is 7.11 Å². The third-order valence-electron chi connectivity index (χ3n) is 2.94. The summed E-state index contributed by atoms with van der Waals surface area (Å²) in [5.41, 5.74) is 3.06. The van der Waals surface area contributed by atoms with Gasteiger partial charge in [0.1, 0.15) is 5.75 Å². The lowest BCUT2D eigenvalue weighted by Crippen LogP contribution is -1.95. The van der Waals surface area contributed by atoms with Crippen LogP contribution in [-0.4, -0.2) is 7.11 Å². The minimum atomic E-state index is -0.210. The van der Waals surface area contributed by atoms with Gasteiger partial charge in [-0.1, -0.05) is 29.8 Å². The average molecular weight is 360 g/mol. The van der Waals surface area contributed by atoms with Crippen molar-refractivity contribution in [2.45, 2.75) is 12.3 Å². The Hall–Kier alpha value is -0.700. The second-order valence-corrected chi connectivity index (χ2v) is 5.96. The van der Waals surface area contributed by atoms with Crippen molar-refractivity contribution in [2.75, 3.05) is 7.11 Å². The molecule has 0 spiro atoms. The largest absolute Gasteiger partial charge is 0.496 e. The zero-order valence-electron chi connectivity index (χ0n) is 10.6. The molecule has 0 fully saturated rings. The quantitative estimate of drug-likeness (QED) is 0.634. The van der Waals surface area contributed by atoms with E-state index in [1.165, 1.54) is 0 Å². The Kier molecular flexibility index (Phi) is 4.77. The third-order valence-corrected chi connectivity index (χ3v) is 4.49. The molecule has 2 rings (SSSR count). The van der Waals surface area contributed by atoms with E-state index in [0.29, 0.717) is 0 Å². The van der Waals surface area contributed by atoms with Crippen molar-refractivity contribution < 1.29 is 4.74 Å². The molecule has 1 unspecified atom stereocenters. The zero-order valence-corrected chi connectivity index (χ0v) is 13.7. The highest BCUT2D eigenvalue weighted by atomic mass is 79.9. The molecule has 0 aromatic heterocycles. The molecule has 0 amide bonds. The first-order valence-electron chi connectivity index (χ1n) is 5.76.